The molecule has 9 heteroatoms. The molecule has 0 saturated heterocycles. The number of hydrogen-bond donors (Lipinski definition) is 1. The van der Waals surface area contributed by atoms with Gasteiger partial charge in [-0.3, -0.25) is 9.59 Å². The average molecular weight is 421 g/mol. The molecule has 0 saturated carbocycles. The zero-order valence-electron chi connectivity index (χ0n) is 16.3. The summed E-state index contributed by atoms with van der Waals surface area (Å²) in [4.78, 5) is 30.2. The zero-order valence-corrected chi connectivity index (χ0v) is 16.3. The van der Waals surface area contributed by atoms with Crippen molar-refractivity contribution in [3.8, 4) is 11.4 Å². The van der Waals surface area contributed by atoms with Gasteiger partial charge in [0.2, 0.25) is 11.7 Å². The summed E-state index contributed by atoms with van der Waals surface area (Å²) in [6.45, 7) is -0.169. The summed E-state index contributed by atoms with van der Waals surface area (Å²) in [6.07, 6.45) is 2.03. The summed E-state index contributed by atoms with van der Waals surface area (Å²) in [7, 11) is 0. The number of carbonyl (C=O) groups is 1. The van der Waals surface area contributed by atoms with Crippen LogP contribution in [0.4, 0.5) is 14.5 Å². The molecular formula is C22H17F2N5O2. The van der Waals surface area contributed by atoms with E-state index in [2.05, 4.69) is 15.4 Å². The maximum absolute atomic E-state index is 13.4. The summed E-state index contributed by atoms with van der Waals surface area (Å²) >= 11 is 0. The van der Waals surface area contributed by atoms with E-state index in [9.17, 15) is 18.4 Å². The van der Waals surface area contributed by atoms with E-state index in [1.165, 1.54) is 4.52 Å². The summed E-state index contributed by atoms with van der Waals surface area (Å²) in [5, 5.41) is 6.88. The van der Waals surface area contributed by atoms with Crippen LogP contribution < -0.4 is 10.9 Å². The minimum Gasteiger partial charge on any atom is -0.324 e. The molecule has 1 amide bonds. The molecule has 7 nitrogen and oxygen atoms in total. The van der Waals surface area contributed by atoms with E-state index in [1.807, 2.05) is 30.3 Å². The van der Waals surface area contributed by atoms with Gasteiger partial charge >= 0.3 is 0 Å². The second kappa shape index (κ2) is 7.42. The topological polar surface area (TPSA) is 81.3 Å². The van der Waals surface area contributed by atoms with Gasteiger partial charge in [-0.15, -0.1) is 5.10 Å². The van der Waals surface area contributed by atoms with Gasteiger partial charge in [0.1, 0.15) is 18.2 Å². The van der Waals surface area contributed by atoms with Crippen molar-refractivity contribution in [1.29, 1.82) is 0 Å². The first kappa shape index (κ1) is 19.1. The van der Waals surface area contributed by atoms with E-state index in [0.717, 1.165) is 35.9 Å². The lowest BCUT2D eigenvalue weighted by atomic mass is 10.2. The van der Waals surface area contributed by atoms with Crippen LogP contribution in [0.25, 0.3) is 17.2 Å². The number of halogens is 2. The molecule has 31 heavy (non-hydrogen) atoms. The Morgan fingerprint density at radius 3 is 2.55 bits per heavy atom. The highest BCUT2D eigenvalue weighted by molar-refractivity contribution is 5.90. The number of anilines is 1. The Morgan fingerprint density at radius 1 is 1.06 bits per heavy atom. The number of amides is 1. The molecule has 1 aliphatic rings. The second-order valence-electron chi connectivity index (χ2n) is 7.39. The zero-order chi connectivity index (χ0) is 21.5. The number of carbonyl (C=O) groups excluding carboxylic acids is 1. The molecule has 0 spiro atoms. The molecule has 156 valence electrons. The van der Waals surface area contributed by atoms with Gasteiger partial charge < -0.3 is 9.88 Å². The van der Waals surface area contributed by atoms with E-state index >= 15 is 0 Å². The summed E-state index contributed by atoms with van der Waals surface area (Å²) in [5.41, 5.74) is 1.88. The molecule has 0 fully saturated rings. The normalized spacial score (nSPS) is 12.8. The molecule has 4 aromatic rings. The van der Waals surface area contributed by atoms with Crippen LogP contribution in [-0.4, -0.2) is 25.1 Å². The van der Waals surface area contributed by atoms with Gasteiger partial charge in [0.05, 0.1) is 0 Å². The quantitative estimate of drug-likeness (QED) is 0.549. The second-order valence-corrected chi connectivity index (χ2v) is 7.39. The number of hydrogen-bond acceptors (Lipinski definition) is 4. The molecular weight excluding hydrogens is 404 g/mol. The maximum atomic E-state index is 13.4. The van der Waals surface area contributed by atoms with Gasteiger partial charge in [0.15, 0.2) is 5.82 Å². The van der Waals surface area contributed by atoms with E-state index in [-0.39, 0.29) is 23.6 Å². The number of nitrogens with zero attached hydrogens (tertiary/aromatic N) is 4. The van der Waals surface area contributed by atoms with Gasteiger partial charge in [0, 0.05) is 28.6 Å². The fourth-order valence-corrected chi connectivity index (χ4v) is 3.97. The third kappa shape index (κ3) is 3.48. The Morgan fingerprint density at radius 2 is 1.81 bits per heavy atom. The lowest BCUT2D eigenvalue weighted by Crippen LogP contribution is -2.28. The van der Waals surface area contributed by atoms with Crippen LogP contribution in [0.1, 0.15) is 17.7 Å². The summed E-state index contributed by atoms with van der Waals surface area (Å²) < 4.78 is 29.8. The molecule has 0 radical (unpaired) electrons. The van der Waals surface area contributed by atoms with Gasteiger partial charge in [-0.1, -0.05) is 30.3 Å². The predicted molar refractivity (Wildman–Crippen MR) is 110 cm³/mol. The lowest BCUT2D eigenvalue weighted by molar-refractivity contribution is -0.116. The smallest absolute Gasteiger partial charge is 0.279 e. The third-order valence-corrected chi connectivity index (χ3v) is 5.28. The van der Waals surface area contributed by atoms with Crippen molar-refractivity contribution in [2.45, 2.75) is 25.8 Å². The SMILES string of the molecule is O=C(Cn1c2c(c(=O)n3nc(-c4ccccc4)nc13)CCC2)Nc1cc(F)cc(F)c1. The number of fused-ring (bicyclic) bond motifs is 2. The van der Waals surface area contributed by atoms with Crippen molar-refractivity contribution in [3.05, 3.63) is 81.8 Å². The number of rotatable bonds is 4. The van der Waals surface area contributed by atoms with Gasteiger partial charge in [-0.2, -0.15) is 9.50 Å². The minimum absolute atomic E-state index is 0.0163. The molecule has 2 heterocycles. The van der Waals surface area contributed by atoms with Gasteiger partial charge in [-0.25, -0.2) is 8.78 Å². The fourth-order valence-electron chi connectivity index (χ4n) is 3.97. The number of aromatic nitrogens is 4. The standard InChI is InChI=1S/C22H17F2N5O2/c23-14-9-15(24)11-16(10-14)25-19(30)12-28-18-8-4-7-17(18)21(31)29-22(28)26-20(27-29)13-5-2-1-3-6-13/h1-3,5-6,9-11H,4,7-8,12H2,(H,25,30). The van der Waals surface area contributed by atoms with Crippen LogP contribution in [0, 0.1) is 11.6 Å². The molecule has 2 aromatic carbocycles. The van der Waals surface area contributed by atoms with Crippen molar-refractivity contribution < 1.29 is 13.6 Å². The Hall–Kier alpha value is -3.88. The highest BCUT2D eigenvalue weighted by Gasteiger charge is 2.25. The van der Waals surface area contributed by atoms with Crippen LogP contribution >= 0.6 is 0 Å². The first-order valence-electron chi connectivity index (χ1n) is 9.82. The molecule has 0 unspecified atom stereocenters. The van der Waals surface area contributed by atoms with Gasteiger partial charge in [-0.05, 0) is 31.4 Å². The summed E-state index contributed by atoms with van der Waals surface area (Å²) in [5.74, 6) is -1.43. The number of nitrogens with one attached hydrogen (secondary N) is 1. The van der Waals surface area contributed by atoms with Gasteiger partial charge in [0.25, 0.3) is 5.56 Å². The Bertz CT molecular complexity index is 1360. The highest BCUT2D eigenvalue weighted by atomic mass is 19.1. The van der Waals surface area contributed by atoms with E-state index in [0.29, 0.717) is 24.2 Å². The van der Waals surface area contributed by atoms with Crippen molar-refractivity contribution >= 4 is 17.4 Å². The van der Waals surface area contributed by atoms with Crippen molar-refractivity contribution in [2.24, 2.45) is 0 Å². The van der Waals surface area contributed by atoms with Crippen LogP contribution in [0.2, 0.25) is 0 Å². The number of benzene rings is 2. The monoisotopic (exact) mass is 421 g/mol. The van der Waals surface area contributed by atoms with Crippen molar-refractivity contribution in [1.82, 2.24) is 19.2 Å². The molecule has 2 aromatic heterocycles. The molecule has 0 atom stereocenters. The molecule has 0 aliphatic heterocycles. The Kier molecular flexibility index (Phi) is 4.58. The van der Waals surface area contributed by atoms with E-state index < -0.39 is 17.5 Å². The van der Waals surface area contributed by atoms with Crippen molar-refractivity contribution in [3.63, 3.8) is 0 Å². The van der Waals surface area contributed by atoms with E-state index in [1.54, 1.807) is 4.57 Å². The average Bonchev–Trinajstić information content (AvgIpc) is 3.39. The largest absolute Gasteiger partial charge is 0.324 e. The highest BCUT2D eigenvalue weighted by Crippen LogP contribution is 2.23. The first-order valence-corrected chi connectivity index (χ1v) is 9.82. The molecule has 1 N–H and O–H groups in total. The summed E-state index contributed by atoms with van der Waals surface area (Å²) in [6, 6.07) is 12.0. The minimum atomic E-state index is -0.785. The fraction of sp³-hybridized carbons (Fsp3) is 0.182. The van der Waals surface area contributed by atoms with Crippen LogP contribution in [-0.2, 0) is 24.2 Å². The van der Waals surface area contributed by atoms with Crippen LogP contribution in [0.3, 0.4) is 0 Å². The first-order chi connectivity index (χ1) is 15.0. The molecule has 0 bridgehead atoms. The Labute approximate surface area is 175 Å². The predicted octanol–water partition coefficient (Wildman–Crippen LogP) is 2.96. The maximum Gasteiger partial charge on any atom is 0.279 e. The molecule has 1 aliphatic carbocycles. The molecule has 5 rings (SSSR count). The van der Waals surface area contributed by atoms with E-state index in [4.69, 9.17) is 0 Å². The Balaban J connectivity index is 1.57. The van der Waals surface area contributed by atoms with Crippen LogP contribution in [0.15, 0.2) is 53.3 Å². The van der Waals surface area contributed by atoms with Crippen molar-refractivity contribution in [2.75, 3.05) is 5.32 Å². The third-order valence-electron chi connectivity index (χ3n) is 5.28. The lowest BCUT2D eigenvalue weighted by Gasteiger charge is -2.14. The van der Waals surface area contributed by atoms with Crippen LogP contribution in [0.5, 0.6) is 0 Å².